The Bertz CT molecular complexity index is 649. The van der Waals surface area contributed by atoms with E-state index in [0.717, 1.165) is 6.42 Å². The zero-order valence-electron chi connectivity index (χ0n) is 10.8. The largest absolute Gasteiger partial charge is 0.139 e. The molecule has 0 nitrogen and oxygen atoms in total. The summed E-state index contributed by atoms with van der Waals surface area (Å²) in [5.74, 6) is 0. The first kappa shape index (κ1) is 12.9. The van der Waals surface area contributed by atoms with E-state index in [-0.39, 0.29) is 0 Å². The molecule has 0 bridgehead atoms. The lowest BCUT2D eigenvalue weighted by atomic mass is 10.1. The topological polar surface area (TPSA) is 0 Å². The Balaban J connectivity index is 1.83. The van der Waals surface area contributed by atoms with Crippen molar-refractivity contribution in [3.8, 4) is 0 Å². The van der Waals surface area contributed by atoms with E-state index < -0.39 is 0 Å². The zero-order valence-corrected chi connectivity index (χ0v) is 13.2. The quantitative estimate of drug-likeness (QED) is 0.525. The molecule has 3 aromatic rings. The SMILES string of the molecule is Cc1ccc(CC(Br)c2cc3ccccc3s2)cc1. The molecule has 19 heavy (non-hydrogen) atoms. The van der Waals surface area contributed by atoms with Crippen molar-refractivity contribution in [1.82, 2.24) is 0 Å². The van der Waals surface area contributed by atoms with E-state index in [1.54, 1.807) is 0 Å². The smallest absolute Gasteiger partial charge is 0.0529 e. The van der Waals surface area contributed by atoms with Gasteiger partial charge in [-0.05, 0) is 36.4 Å². The van der Waals surface area contributed by atoms with Crippen molar-refractivity contribution < 1.29 is 0 Å². The highest BCUT2D eigenvalue weighted by Crippen LogP contribution is 2.36. The predicted octanol–water partition coefficient (Wildman–Crippen LogP) is 5.89. The molecule has 0 aliphatic rings. The number of hydrogen-bond acceptors (Lipinski definition) is 1. The van der Waals surface area contributed by atoms with Gasteiger partial charge in [-0.3, -0.25) is 0 Å². The first-order chi connectivity index (χ1) is 9.22. The van der Waals surface area contributed by atoms with E-state index in [4.69, 9.17) is 0 Å². The number of rotatable bonds is 3. The molecular formula is C17H15BrS. The fraction of sp³-hybridized carbons (Fsp3) is 0.176. The molecule has 1 atom stereocenters. The van der Waals surface area contributed by atoms with Crippen LogP contribution in [0, 0.1) is 6.92 Å². The Morgan fingerprint density at radius 2 is 1.79 bits per heavy atom. The standard InChI is InChI=1S/C17H15BrS/c1-12-6-8-13(9-7-12)10-15(18)17-11-14-4-2-3-5-16(14)19-17/h2-9,11,15H,10H2,1H3. The minimum absolute atomic E-state index is 0.396. The number of thiophene rings is 1. The molecule has 3 rings (SSSR count). The average Bonchev–Trinajstić information content (AvgIpc) is 2.85. The molecule has 2 aromatic carbocycles. The first-order valence-electron chi connectivity index (χ1n) is 6.40. The summed E-state index contributed by atoms with van der Waals surface area (Å²) in [5.41, 5.74) is 2.70. The molecule has 0 saturated heterocycles. The van der Waals surface area contributed by atoms with Gasteiger partial charge in [0, 0.05) is 9.58 Å². The fourth-order valence-electron chi connectivity index (χ4n) is 2.19. The van der Waals surface area contributed by atoms with Crippen molar-refractivity contribution in [3.05, 3.63) is 70.6 Å². The van der Waals surface area contributed by atoms with Gasteiger partial charge in [-0.15, -0.1) is 11.3 Å². The third-order valence-electron chi connectivity index (χ3n) is 3.29. The van der Waals surface area contributed by atoms with Crippen LogP contribution in [0.2, 0.25) is 0 Å². The number of fused-ring (bicyclic) bond motifs is 1. The van der Waals surface area contributed by atoms with Crippen LogP contribution in [0.25, 0.3) is 10.1 Å². The molecule has 0 N–H and O–H groups in total. The van der Waals surface area contributed by atoms with Crippen LogP contribution in [0.1, 0.15) is 20.8 Å². The summed E-state index contributed by atoms with van der Waals surface area (Å²) in [6.45, 7) is 2.13. The maximum absolute atomic E-state index is 3.83. The molecule has 0 fully saturated rings. The Hall–Kier alpha value is -1.12. The van der Waals surface area contributed by atoms with Crippen molar-refractivity contribution in [3.63, 3.8) is 0 Å². The highest BCUT2D eigenvalue weighted by molar-refractivity contribution is 9.09. The molecule has 0 spiro atoms. The maximum atomic E-state index is 3.83. The van der Waals surface area contributed by atoms with Crippen LogP contribution in [0.4, 0.5) is 0 Å². The normalized spacial score (nSPS) is 12.7. The number of hydrogen-bond donors (Lipinski definition) is 0. The van der Waals surface area contributed by atoms with Gasteiger partial charge < -0.3 is 0 Å². The lowest BCUT2D eigenvalue weighted by molar-refractivity contribution is 0.969. The molecule has 0 amide bonds. The Morgan fingerprint density at radius 1 is 1.05 bits per heavy atom. The third-order valence-corrected chi connectivity index (χ3v) is 5.64. The number of benzene rings is 2. The van der Waals surface area contributed by atoms with Gasteiger partial charge in [0.05, 0.1) is 4.83 Å². The minimum atomic E-state index is 0.396. The van der Waals surface area contributed by atoms with E-state index in [9.17, 15) is 0 Å². The summed E-state index contributed by atoms with van der Waals surface area (Å²) < 4.78 is 1.37. The van der Waals surface area contributed by atoms with Crippen LogP contribution in [-0.4, -0.2) is 0 Å². The molecule has 0 aliphatic heterocycles. The molecule has 1 heterocycles. The van der Waals surface area contributed by atoms with Crippen LogP contribution in [0.5, 0.6) is 0 Å². The molecule has 0 aliphatic carbocycles. The minimum Gasteiger partial charge on any atom is -0.139 e. The van der Waals surface area contributed by atoms with Gasteiger partial charge in [0.1, 0.15) is 0 Å². The molecular weight excluding hydrogens is 316 g/mol. The number of alkyl halides is 1. The number of halogens is 1. The van der Waals surface area contributed by atoms with Crippen LogP contribution in [0.3, 0.4) is 0 Å². The summed E-state index contributed by atoms with van der Waals surface area (Å²) >= 11 is 5.71. The first-order valence-corrected chi connectivity index (χ1v) is 8.14. The second kappa shape index (κ2) is 5.48. The van der Waals surface area contributed by atoms with Crippen LogP contribution in [0.15, 0.2) is 54.6 Å². The highest BCUT2D eigenvalue weighted by Gasteiger charge is 2.11. The predicted molar refractivity (Wildman–Crippen MR) is 88.4 cm³/mol. The van der Waals surface area contributed by atoms with Crippen molar-refractivity contribution in [1.29, 1.82) is 0 Å². The van der Waals surface area contributed by atoms with Crippen molar-refractivity contribution in [2.45, 2.75) is 18.2 Å². The van der Waals surface area contributed by atoms with Crippen molar-refractivity contribution >= 4 is 37.4 Å². The fourth-order valence-corrected chi connectivity index (χ4v) is 4.02. The molecule has 0 saturated carbocycles. The summed E-state index contributed by atoms with van der Waals surface area (Å²) in [7, 11) is 0. The number of aryl methyl sites for hydroxylation is 1. The molecule has 96 valence electrons. The van der Waals surface area contributed by atoms with Gasteiger partial charge in [0.2, 0.25) is 0 Å². The zero-order chi connectivity index (χ0) is 13.2. The lowest BCUT2D eigenvalue weighted by Crippen LogP contribution is -1.92. The van der Waals surface area contributed by atoms with E-state index in [0.29, 0.717) is 4.83 Å². The summed E-state index contributed by atoms with van der Waals surface area (Å²) in [6, 6.07) is 19.7. The average molecular weight is 331 g/mol. The molecule has 1 aromatic heterocycles. The van der Waals surface area contributed by atoms with E-state index in [1.807, 2.05) is 11.3 Å². The maximum Gasteiger partial charge on any atom is 0.0529 e. The van der Waals surface area contributed by atoms with Crippen molar-refractivity contribution in [2.24, 2.45) is 0 Å². The molecule has 0 radical (unpaired) electrons. The van der Waals surface area contributed by atoms with Gasteiger partial charge in [-0.2, -0.15) is 0 Å². The Labute approximate surface area is 126 Å². The molecule has 2 heteroatoms. The van der Waals surface area contributed by atoms with Crippen LogP contribution < -0.4 is 0 Å². The third kappa shape index (κ3) is 2.90. The second-order valence-electron chi connectivity index (χ2n) is 4.84. The Kier molecular flexibility index (Phi) is 3.72. The monoisotopic (exact) mass is 330 g/mol. The summed E-state index contributed by atoms with van der Waals surface area (Å²) in [4.78, 5) is 1.80. The summed E-state index contributed by atoms with van der Waals surface area (Å²) in [6.07, 6.45) is 1.03. The lowest BCUT2D eigenvalue weighted by Gasteiger charge is -2.07. The van der Waals surface area contributed by atoms with Crippen LogP contribution >= 0.6 is 27.3 Å². The van der Waals surface area contributed by atoms with E-state index >= 15 is 0 Å². The highest BCUT2D eigenvalue weighted by atomic mass is 79.9. The van der Waals surface area contributed by atoms with Gasteiger partial charge in [0.25, 0.3) is 0 Å². The van der Waals surface area contributed by atoms with Gasteiger partial charge >= 0.3 is 0 Å². The second-order valence-corrected chi connectivity index (χ2v) is 7.06. The van der Waals surface area contributed by atoms with E-state index in [1.165, 1.54) is 26.1 Å². The Morgan fingerprint density at radius 3 is 2.53 bits per heavy atom. The van der Waals surface area contributed by atoms with Gasteiger partial charge in [-0.25, -0.2) is 0 Å². The summed E-state index contributed by atoms with van der Waals surface area (Å²) in [5, 5.41) is 1.34. The van der Waals surface area contributed by atoms with Gasteiger partial charge in [-0.1, -0.05) is 64.0 Å². The van der Waals surface area contributed by atoms with Crippen LogP contribution in [-0.2, 0) is 6.42 Å². The van der Waals surface area contributed by atoms with Crippen molar-refractivity contribution in [2.75, 3.05) is 0 Å². The van der Waals surface area contributed by atoms with E-state index in [2.05, 4.69) is 77.5 Å². The molecule has 1 unspecified atom stereocenters. The van der Waals surface area contributed by atoms with Gasteiger partial charge in [0.15, 0.2) is 0 Å².